The molecule has 124 valence electrons. The van der Waals surface area contributed by atoms with Gasteiger partial charge in [-0.05, 0) is 24.0 Å². The van der Waals surface area contributed by atoms with Crippen molar-refractivity contribution in [3.05, 3.63) is 70.0 Å². The molecule has 0 aliphatic heterocycles. The molecule has 0 amide bonds. The molecule has 0 saturated heterocycles. The van der Waals surface area contributed by atoms with Crippen molar-refractivity contribution in [1.82, 2.24) is 9.97 Å². The predicted molar refractivity (Wildman–Crippen MR) is 92.1 cm³/mol. The Balaban J connectivity index is 2.08. The van der Waals surface area contributed by atoms with Gasteiger partial charge in [0, 0.05) is 17.2 Å². The highest BCUT2D eigenvalue weighted by Gasteiger charge is 2.14. The van der Waals surface area contributed by atoms with Gasteiger partial charge >= 0.3 is 0 Å². The van der Waals surface area contributed by atoms with Gasteiger partial charge in [0.15, 0.2) is 5.16 Å². The van der Waals surface area contributed by atoms with Crippen molar-refractivity contribution in [1.29, 1.82) is 5.26 Å². The summed E-state index contributed by atoms with van der Waals surface area (Å²) >= 11 is 1.25. The van der Waals surface area contributed by atoms with Crippen LogP contribution >= 0.6 is 11.8 Å². The van der Waals surface area contributed by atoms with Crippen molar-refractivity contribution in [3.8, 4) is 28.5 Å². The van der Waals surface area contributed by atoms with Gasteiger partial charge < -0.3 is 4.98 Å². The summed E-state index contributed by atoms with van der Waals surface area (Å²) in [4.78, 5) is 18.8. The minimum absolute atomic E-state index is 0.0847. The highest BCUT2D eigenvalue weighted by atomic mass is 32.2. The predicted octanol–water partition coefficient (Wildman–Crippen LogP) is 3.98. The average Bonchev–Trinajstić information content (AvgIpc) is 2.61. The maximum atomic E-state index is 13.9. The Bertz CT molecular complexity index is 1040. The van der Waals surface area contributed by atoms with Crippen LogP contribution in [0.2, 0.25) is 0 Å². The normalized spacial score (nSPS) is 10.5. The van der Waals surface area contributed by atoms with Crippen LogP contribution in [-0.2, 0) is 0 Å². The molecule has 2 aromatic carbocycles. The maximum Gasteiger partial charge on any atom is 0.270 e. The van der Waals surface area contributed by atoms with Crippen LogP contribution in [0, 0.1) is 23.0 Å². The molecule has 4 nitrogen and oxygen atoms in total. The van der Waals surface area contributed by atoms with E-state index >= 15 is 0 Å². The zero-order chi connectivity index (χ0) is 18.0. The van der Waals surface area contributed by atoms with Crippen LogP contribution in [0.4, 0.5) is 8.78 Å². The number of nitrogens with one attached hydrogen (secondary N) is 1. The minimum Gasteiger partial charge on any atom is -0.300 e. The Morgan fingerprint density at radius 1 is 1.12 bits per heavy atom. The second kappa shape index (κ2) is 6.87. The van der Waals surface area contributed by atoms with Crippen molar-refractivity contribution >= 4 is 11.8 Å². The van der Waals surface area contributed by atoms with Crippen molar-refractivity contribution in [2.75, 3.05) is 6.26 Å². The second-order valence-electron chi connectivity index (χ2n) is 5.11. The fraction of sp³-hybridized carbons (Fsp3) is 0.0556. The van der Waals surface area contributed by atoms with Gasteiger partial charge in [0.2, 0.25) is 0 Å². The first-order valence-electron chi connectivity index (χ1n) is 7.17. The minimum atomic E-state index is -0.663. The van der Waals surface area contributed by atoms with E-state index in [-0.39, 0.29) is 16.8 Å². The number of hydrogen-bond acceptors (Lipinski definition) is 4. The van der Waals surface area contributed by atoms with Gasteiger partial charge in [0.1, 0.15) is 23.3 Å². The summed E-state index contributed by atoms with van der Waals surface area (Å²) in [6.07, 6.45) is 1.76. The third-order valence-corrected chi connectivity index (χ3v) is 4.18. The molecule has 1 heterocycles. The Hall–Kier alpha value is -2.98. The van der Waals surface area contributed by atoms with Crippen LogP contribution in [-0.4, -0.2) is 16.2 Å². The van der Waals surface area contributed by atoms with Crippen molar-refractivity contribution in [2.45, 2.75) is 5.16 Å². The van der Waals surface area contributed by atoms with Gasteiger partial charge in [0.05, 0.1) is 5.69 Å². The van der Waals surface area contributed by atoms with E-state index in [4.69, 9.17) is 0 Å². The number of nitriles is 1. The van der Waals surface area contributed by atoms with Gasteiger partial charge in [-0.25, -0.2) is 13.8 Å². The number of H-pyrrole nitrogens is 1. The number of halogens is 2. The third-order valence-electron chi connectivity index (χ3n) is 3.60. The third kappa shape index (κ3) is 3.30. The molecule has 0 bridgehead atoms. The molecule has 0 aliphatic rings. The van der Waals surface area contributed by atoms with Crippen LogP contribution in [0.15, 0.2) is 52.4 Å². The lowest BCUT2D eigenvalue weighted by Gasteiger charge is -2.07. The molecule has 3 aromatic rings. The fourth-order valence-corrected chi connectivity index (χ4v) is 2.77. The summed E-state index contributed by atoms with van der Waals surface area (Å²) in [6, 6.07) is 11.8. The molecule has 0 fully saturated rings. The first kappa shape index (κ1) is 16.9. The average molecular weight is 355 g/mol. The Labute approximate surface area is 146 Å². The molecule has 0 spiro atoms. The van der Waals surface area contributed by atoms with E-state index in [1.54, 1.807) is 30.5 Å². The molecule has 0 saturated carbocycles. The number of hydrogen-bond donors (Lipinski definition) is 1. The molecule has 3 rings (SSSR count). The topological polar surface area (TPSA) is 69.5 Å². The van der Waals surface area contributed by atoms with Gasteiger partial charge in [-0.15, -0.1) is 0 Å². The van der Waals surface area contributed by atoms with E-state index in [0.717, 1.165) is 6.07 Å². The SMILES string of the molecule is CSc1nc(-c2ccc(-c3ccc(F)cc3F)cc2)c(C#N)c(=O)[nH]1. The quantitative estimate of drug-likeness (QED) is 0.570. The molecular formula is C18H11F2N3OS. The number of rotatable bonds is 3. The van der Waals surface area contributed by atoms with Crippen LogP contribution in [0.1, 0.15) is 5.56 Å². The summed E-state index contributed by atoms with van der Waals surface area (Å²) in [5.74, 6) is -1.31. The number of aromatic amines is 1. The second-order valence-corrected chi connectivity index (χ2v) is 5.91. The molecular weight excluding hydrogens is 344 g/mol. The van der Waals surface area contributed by atoms with Crippen molar-refractivity contribution < 1.29 is 8.78 Å². The van der Waals surface area contributed by atoms with E-state index in [0.29, 0.717) is 16.3 Å². The van der Waals surface area contributed by atoms with Crippen LogP contribution in [0.5, 0.6) is 0 Å². The number of nitrogens with zero attached hydrogens (tertiary/aromatic N) is 2. The number of thioether (sulfide) groups is 1. The van der Waals surface area contributed by atoms with E-state index in [9.17, 15) is 18.8 Å². The van der Waals surface area contributed by atoms with Crippen LogP contribution in [0.25, 0.3) is 22.4 Å². The Kier molecular flexibility index (Phi) is 4.63. The highest BCUT2D eigenvalue weighted by Crippen LogP contribution is 2.27. The summed E-state index contributed by atoms with van der Waals surface area (Å²) in [7, 11) is 0. The first-order valence-corrected chi connectivity index (χ1v) is 8.40. The Morgan fingerprint density at radius 2 is 1.80 bits per heavy atom. The van der Waals surface area contributed by atoms with Crippen molar-refractivity contribution in [2.24, 2.45) is 0 Å². The monoisotopic (exact) mass is 355 g/mol. The standard InChI is InChI=1S/C18H11F2N3OS/c1-25-18-22-16(14(9-21)17(24)23-18)11-4-2-10(3-5-11)13-7-6-12(19)8-15(13)20/h2-8H,1H3,(H,22,23,24). The first-order chi connectivity index (χ1) is 12.0. The number of benzene rings is 2. The largest absolute Gasteiger partial charge is 0.300 e. The zero-order valence-electron chi connectivity index (χ0n) is 13.0. The molecule has 7 heteroatoms. The van der Waals surface area contributed by atoms with E-state index in [1.165, 1.54) is 23.9 Å². The molecule has 1 aromatic heterocycles. The zero-order valence-corrected chi connectivity index (χ0v) is 13.8. The summed E-state index contributed by atoms with van der Waals surface area (Å²) in [5, 5.41) is 9.61. The van der Waals surface area contributed by atoms with Crippen LogP contribution in [0.3, 0.4) is 0 Å². The summed E-state index contributed by atoms with van der Waals surface area (Å²) < 4.78 is 26.9. The molecule has 0 radical (unpaired) electrons. The highest BCUT2D eigenvalue weighted by molar-refractivity contribution is 7.98. The smallest absolute Gasteiger partial charge is 0.270 e. The molecule has 0 aliphatic carbocycles. The fourth-order valence-electron chi connectivity index (χ4n) is 2.39. The van der Waals surface area contributed by atoms with Gasteiger partial charge in [-0.2, -0.15) is 5.26 Å². The number of aromatic nitrogens is 2. The van der Waals surface area contributed by atoms with Crippen molar-refractivity contribution in [3.63, 3.8) is 0 Å². The van der Waals surface area contributed by atoms with E-state index in [1.807, 2.05) is 6.07 Å². The lowest BCUT2D eigenvalue weighted by molar-refractivity contribution is 0.585. The molecule has 0 atom stereocenters. The van der Waals surface area contributed by atoms with E-state index < -0.39 is 17.2 Å². The summed E-state index contributed by atoms with van der Waals surface area (Å²) in [5.41, 5.74) is 1.04. The molecule has 1 N–H and O–H groups in total. The maximum absolute atomic E-state index is 13.9. The Morgan fingerprint density at radius 3 is 2.40 bits per heavy atom. The van der Waals surface area contributed by atoms with E-state index in [2.05, 4.69) is 9.97 Å². The van der Waals surface area contributed by atoms with Crippen LogP contribution < -0.4 is 5.56 Å². The van der Waals surface area contributed by atoms with Gasteiger partial charge in [0.25, 0.3) is 5.56 Å². The molecule has 25 heavy (non-hydrogen) atoms. The summed E-state index contributed by atoms with van der Waals surface area (Å²) in [6.45, 7) is 0. The van der Waals surface area contributed by atoms with Gasteiger partial charge in [-0.1, -0.05) is 36.0 Å². The lowest BCUT2D eigenvalue weighted by atomic mass is 10.0. The lowest BCUT2D eigenvalue weighted by Crippen LogP contribution is -2.14. The van der Waals surface area contributed by atoms with Gasteiger partial charge in [-0.3, -0.25) is 4.79 Å². The molecule has 0 unspecified atom stereocenters.